The lowest BCUT2D eigenvalue weighted by atomic mass is 9.91. The van der Waals surface area contributed by atoms with Gasteiger partial charge in [0.15, 0.2) is 0 Å². The summed E-state index contributed by atoms with van der Waals surface area (Å²) in [7, 11) is 5.94. The maximum atomic E-state index is 13.9. The molecule has 0 bridgehead atoms. The molecule has 0 unspecified atom stereocenters. The van der Waals surface area contributed by atoms with Crippen molar-refractivity contribution in [1.82, 2.24) is 25.2 Å². The molecule has 0 aliphatic carbocycles. The predicted octanol–water partition coefficient (Wildman–Crippen LogP) is 5.95. The smallest absolute Gasteiger partial charge is 0.481 e. The van der Waals surface area contributed by atoms with Crippen LogP contribution in [0.2, 0.25) is 0 Å². The van der Waals surface area contributed by atoms with Gasteiger partial charge in [0.1, 0.15) is 6.04 Å². The molecule has 276 valence electrons. The molecule has 0 radical (unpaired) electrons. The highest BCUT2D eigenvalue weighted by Crippen LogP contribution is 2.32. The number of aromatic nitrogens is 1. The quantitative estimate of drug-likeness (QED) is 0.0990. The van der Waals surface area contributed by atoms with Gasteiger partial charge >= 0.3 is 18.1 Å². The van der Waals surface area contributed by atoms with Crippen LogP contribution in [0.1, 0.15) is 48.1 Å². The normalized spacial score (nSPS) is 12.7. The average molecular weight is 712 g/mol. The van der Waals surface area contributed by atoms with E-state index in [9.17, 15) is 27.9 Å². The molecule has 0 fully saturated rings. The zero-order chi connectivity index (χ0) is 37.6. The van der Waals surface area contributed by atoms with Crippen LogP contribution >= 0.6 is 0 Å². The highest BCUT2D eigenvalue weighted by Gasteiger charge is 2.38. The molecule has 4 aromatic rings. The minimum absolute atomic E-state index is 0.0154. The van der Waals surface area contributed by atoms with E-state index in [0.717, 1.165) is 52.7 Å². The Morgan fingerprint density at radius 1 is 0.863 bits per heavy atom. The second-order valence-corrected chi connectivity index (χ2v) is 12.5. The molecule has 0 aliphatic rings. The van der Waals surface area contributed by atoms with Gasteiger partial charge in [0.05, 0.1) is 5.92 Å². The highest BCUT2D eigenvalue weighted by molar-refractivity contribution is 5.90. The molecule has 0 saturated heterocycles. The first kappa shape index (κ1) is 40.7. The number of carboxylic acid groups (broad SMARTS) is 2. The standard InChI is InChI=1S/C36H47N5O3.C2HF3O2/c1-5-41(33(25-27-15-8-6-9-16-27)35(42)40(4)26-28-17-10-7-11-18-28)37-23-22-30(36(43)44)34-29-19-12-13-20-31(29)38-32(34)21-14-24-39(2)3;3-2(4,5)1(6)7/h6-13,15-20,30,33,37-38H,5,14,21-26H2,1-4H3,(H,43,44);(H,6,7)/t30-,33-;/m0./s1. The van der Waals surface area contributed by atoms with Crippen molar-refractivity contribution in [1.29, 1.82) is 0 Å². The van der Waals surface area contributed by atoms with E-state index in [0.29, 0.717) is 32.5 Å². The number of carbonyl (C=O) groups is 3. The Hall–Kier alpha value is -4.72. The van der Waals surface area contributed by atoms with Gasteiger partial charge in [-0.3, -0.25) is 15.0 Å². The molecule has 2 atom stereocenters. The lowest BCUT2D eigenvalue weighted by Crippen LogP contribution is -2.54. The topological polar surface area (TPSA) is 129 Å². The van der Waals surface area contributed by atoms with E-state index in [-0.39, 0.29) is 5.91 Å². The molecule has 0 saturated carbocycles. The summed E-state index contributed by atoms with van der Waals surface area (Å²) in [6.07, 6.45) is -2.44. The Kier molecular flexibility index (Phi) is 15.7. The van der Waals surface area contributed by atoms with Crippen LogP contribution in [0.15, 0.2) is 84.9 Å². The number of fused-ring (bicyclic) bond motifs is 1. The molecule has 4 N–H and O–H groups in total. The lowest BCUT2D eigenvalue weighted by molar-refractivity contribution is -0.192. The second-order valence-electron chi connectivity index (χ2n) is 12.5. The summed E-state index contributed by atoms with van der Waals surface area (Å²) >= 11 is 0. The van der Waals surface area contributed by atoms with E-state index in [4.69, 9.17) is 9.90 Å². The zero-order valence-corrected chi connectivity index (χ0v) is 29.5. The third-order valence-electron chi connectivity index (χ3n) is 8.41. The molecular weight excluding hydrogens is 663 g/mol. The van der Waals surface area contributed by atoms with Crippen LogP contribution in [-0.2, 0) is 33.8 Å². The van der Waals surface area contributed by atoms with Crippen molar-refractivity contribution in [2.75, 3.05) is 40.8 Å². The predicted molar refractivity (Wildman–Crippen MR) is 191 cm³/mol. The molecule has 1 aromatic heterocycles. The molecule has 0 spiro atoms. The Labute approximate surface area is 296 Å². The first-order valence-corrected chi connectivity index (χ1v) is 16.8. The van der Waals surface area contributed by atoms with Crippen molar-refractivity contribution < 1.29 is 37.8 Å². The van der Waals surface area contributed by atoms with Gasteiger partial charge in [-0.2, -0.15) is 13.2 Å². The third-order valence-corrected chi connectivity index (χ3v) is 8.41. The van der Waals surface area contributed by atoms with Crippen LogP contribution < -0.4 is 5.43 Å². The Morgan fingerprint density at radius 3 is 1.98 bits per heavy atom. The monoisotopic (exact) mass is 711 g/mol. The first-order valence-electron chi connectivity index (χ1n) is 16.8. The zero-order valence-electron chi connectivity index (χ0n) is 29.5. The molecule has 1 heterocycles. The second kappa shape index (κ2) is 19.6. The summed E-state index contributed by atoms with van der Waals surface area (Å²) in [5, 5.41) is 20.5. The third kappa shape index (κ3) is 12.5. The number of H-pyrrole nitrogens is 1. The maximum absolute atomic E-state index is 13.9. The number of benzene rings is 3. The number of hydrazine groups is 1. The van der Waals surface area contributed by atoms with E-state index in [2.05, 4.69) is 15.3 Å². The number of hydrogen-bond donors (Lipinski definition) is 4. The Balaban J connectivity index is 0.000000908. The van der Waals surface area contributed by atoms with Gasteiger partial charge in [0.25, 0.3) is 0 Å². The molecule has 10 nitrogen and oxygen atoms in total. The first-order chi connectivity index (χ1) is 24.2. The van der Waals surface area contributed by atoms with Crippen molar-refractivity contribution in [2.24, 2.45) is 0 Å². The van der Waals surface area contributed by atoms with Crippen molar-refractivity contribution >= 4 is 28.7 Å². The fraction of sp³-hybridized carbons (Fsp3) is 0.395. The molecule has 1 amide bonds. The largest absolute Gasteiger partial charge is 0.490 e. The summed E-state index contributed by atoms with van der Waals surface area (Å²) in [5.41, 5.74) is 8.44. The minimum Gasteiger partial charge on any atom is -0.481 e. The lowest BCUT2D eigenvalue weighted by Gasteiger charge is -2.33. The number of nitrogens with one attached hydrogen (secondary N) is 2. The van der Waals surface area contributed by atoms with E-state index in [1.54, 1.807) is 4.90 Å². The number of para-hydroxylation sites is 1. The number of amides is 1. The van der Waals surface area contributed by atoms with Gasteiger partial charge in [-0.1, -0.05) is 85.8 Å². The maximum Gasteiger partial charge on any atom is 0.490 e. The number of aliphatic carboxylic acids is 2. The molecule has 3 aromatic carbocycles. The highest BCUT2D eigenvalue weighted by atomic mass is 19.4. The van der Waals surface area contributed by atoms with Crippen molar-refractivity contribution in [3.05, 3.63) is 107 Å². The van der Waals surface area contributed by atoms with Crippen LogP contribution in [0.25, 0.3) is 10.9 Å². The van der Waals surface area contributed by atoms with Crippen molar-refractivity contribution in [2.45, 2.75) is 57.3 Å². The molecule has 13 heteroatoms. The number of halogens is 3. The van der Waals surface area contributed by atoms with E-state index >= 15 is 0 Å². The summed E-state index contributed by atoms with van der Waals surface area (Å²) < 4.78 is 31.7. The van der Waals surface area contributed by atoms with Gasteiger partial charge in [-0.05, 0) is 69.1 Å². The van der Waals surface area contributed by atoms with Gasteiger partial charge in [-0.25, -0.2) is 9.80 Å². The molecule has 0 aliphatic heterocycles. The molecular formula is C38H48F3N5O5. The fourth-order valence-electron chi connectivity index (χ4n) is 5.93. The Morgan fingerprint density at radius 2 is 1.43 bits per heavy atom. The van der Waals surface area contributed by atoms with E-state index < -0.39 is 30.1 Å². The van der Waals surface area contributed by atoms with Crippen molar-refractivity contribution in [3.8, 4) is 0 Å². The number of carboxylic acids is 2. The molecule has 4 rings (SSSR count). The number of hydrogen-bond acceptors (Lipinski definition) is 6. The van der Waals surface area contributed by atoms with Crippen LogP contribution in [0.5, 0.6) is 0 Å². The SMILES string of the molecule is CCN(NCC[C@H](C(=O)O)c1c(CCCN(C)C)[nH]c2ccccc12)[C@@H](Cc1ccccc1)C(=O)N(C)Cc1ccccc1.O=C(O)C(F)(F)F. The van der Waals surface area contributed by atoms with Crippen molar-refractivity contribution in [3.63, 3.8) is 0 Å². The number of aryl methyl sites for hydroxylation is 1. The van der Waals surface area contributed by atoms with Gasteiger partial charge in [0.2, 0.25) is 5.91 Å². The number of carbonyl (C=O) groups excluding carboxylic acids is 1. The van der Waals surface area contributed by atoms with Crippen LogP contribution in [0.4, 0.5) is 13.2 Å². The van der Waals surface area contributed by atoms with Gasteiger partial charge in [-0.15, -0.1) is 0 Å². The van der Waals surface area contributed by atoms with Crippen LogP contribution in [0, 0.1) is 0 Å². The summed E-state index contributed by atoms with van der Waals surface area (Å²) in [5.74, 6) is -4.27. The van der Waals surface area contributed by atoms with Gasteiger partial charge in [0, 0.05) is 43.3 Å². The van der Waals surface area contributed by atoms with Crippen LogP contribution in [0.3, 0.4) is 0 Å². The number of alkyl halides is 3. The van der Waals surface area contributed by atoms with Crippen LogP contribution in [-0.4, -0.2) is 101 Å². The summed E-state index contributed by atoms with van der Waals surface area (Å²) in [4.78, 5) is 43.0. The number of nitrogens with zero attached hydrogens (tertiary/aromatic N) is 3. The average Bonchev–Trinajstić information content (AvgIpc) is 3.45. The Bertz CT molecular complexity index is 1680. The van der Waals surface area contributed by atoms with E-state index in [1.165, 1.54) is 0 Å². The molecule has 51 heavy (non-hydrogen) atoms. The van der Waals surface area contributed by atoms with Gasteiger partial charge < -0.3 is 25.0 Å². The summed E-state index contributed by atoms with van der Waals surface area (Å²) in [6.45, 7) is 4.47. The number of aromatic amines is 1. The fourth-order valence-corrected chi connectivity index (χ4v) is 5.93. The summed E-state index contributed by atoms with van der Waals surface area (Å²) in [6, 6.07) is 27.5. The number of rotatable bonds is 17. The van der Waals surface area contributed by atoms with E-state index in [1.807, 2.05) is 118 Å². The minimum atomic E-state index is -5.08. The number of likely N-dealkylation sites (N-methyl/N-ethyl adjacent to an activating group) is 2.